The highest BCUT2D eigenvalue weighted by molar-refractivity contribution is 5.94. The lowest BCUT2D eigenvalue weighted by Crippen LogP contribution is -2.46. The van der Waals surface area contributed by atoms with E-state index in [2.05, 4.69) is 28.1 Å². The third-order valence-electron chi connectivity index (χ3n) is 5.00. The monoisotopic (exact) mass is 369 g/mol. The minimum atomic E-state index is -0.207. The molecule has 0 unspecified atom stereocenters. The first kappa shape index (κ1) is 19.2. The maximum absolute atomic E-state index is 13.1. The summed E-state index contributed by atoms with van der Waals surface area (Å²) in [7, 11) is 0. The quantitative estimate of drug-likeness (QED) is 0.721. The molecule has 1 aliphatic rings. The van der Waals surface area contributed by atoms with Crippen LogP contribution in [0.4, 0.5) is 21.5 Å². The Hall–Kier alpha value is -2.56. The van der Waals surface area contributed by atoms with Crippen LogP contribution < -0.4 is 15.1 Å². The van der Waals surface area contributed by atoms with E-state index in [-0.39, 0.29) is 11.7 Å². The van der Waals surface area contributed by atoms with Crippen molar-refractivity contribution < 1.29 is 9.18 Å². The molecule has 1 heterocycles. The predicted molar refractivity (Wildman–Crippen MR) is 110 cm³/mol. The topological polar surface area (TPSA) is 35.6 Å². The van der Waals surface area contributed by atoms with Crippen LogP contribution in [0.1, 0.15) is 32.6 Å². The number of benzene rings is 2. The first-order chi connectivity index (χ1) is 13.2. The Morgan fingerprint density at radius 2 is 1.63 bits per heavy atom. The van der Waals surface area contributed by atoms with Gasteiger partial charge >= 0.3 is 0 Å². The zero-order valence-corrected chi connectivity index (χ0v) is 16.0. The number of anilines is 3. The maximum Gasteiger partial charge on any atom is 0.224 e. The Morgan fingerprint density at radius 1 is 0.963 bits per heavy atom. The van der Waals surface area contributed by atoms with Crippen LogP contribution in [0.3, 0.4) is 0 Å². The molecule has 2 aromatic carbocycles. The molecule has 0 atom stereocenters. The van der Waals surface area contributed by atoms with Gasteiger partial charge in [0.25, 0.3) is 0 Å². The number of rotatable bonds is 7. The van der Waals surface area contributed by atoms with E-state index in [0.29, 0.717) is 6.42 Å². The number of hydrogen-bond acceptors (Lipinski definition) is 3. The minimum Gasteiger partial charge on any atom is -0.368 e. The number of para-hydroxylation sites is 2. The molecule has 0 saturated carbocycles. The average Bonchev–Trinajstić information content (AvgIpc) is 2.69. The van der Waals surface area contributed by atoms with Crippen molar-refractivity contribution in [3.05, 3.63) is 54.3 Å². The van der Waals surface area contributed by atoms with E-state index in [4.69, 9.17) is 0 Å². The van der Waals surface area contributed by atoms with Gasteiger partial charge in [0, 0.05) is 38.3 Å². The molecule has 1 aliphatic heterocycles. The van der Waals surface area contributed by atoms with Crippen molar-refractivity contribution in [1.29, 1.82) is 0 Å². The molecule has 4 nitrogen and oxygen atoms in total. The van der Waals surface area contributed by atoms with Crippen LogP contribution in [0.25, 0.3) is 0 Å². The first-order valence-corrected chi connectivity index (χ1v) is 9.81. The van der Waals surface area contributed by atoms with Gasteiger partial charge < -0.3 is 15.1 Å². The van der Waals surface area contributed by atoms with Crippen molar-refractivity contribution in [3.63, 3.8) is 0 Å². The Morgan fingerprint density at radius 3 is 2.33 bits per heavy atom. The zero-order valence-electron chi connectivity index (χ0n) is 16.0. The second-order valence-corrected chi connectivity index (χ2v) is 6.97. The molecule has 144 valence electrons. The molecule has 0 aromatic heterocycles. The summed E-state index contributed by atoms with van der Waals surface area (Å²) >= 11 is 0. The number of nitrogens with one attached hydrogen (secondary N) is 1. The molecule has 5 heteroatoms. The number of amides is 1. The van der Waals surface area contributed by atoms with Gasteiger partial charge in [-0.15, -0.1) is 0 Å². The van der Waals surface area contributed by atoms with Gasteiger partial charge in [-0.1, -0.05) is 31.9 Å². The standard InChI is InChI=1S/C22H28FN3O/c1-2-3-4-9-22(27)24-20-7-5-6-8-21(20)26-16-14-25(15-17-26)19-12-10-18(23)11-13-19/h5-8,10-13H,2-4,9,14-17H2,1H3,(H,24,27). The van der Waals surface area contributed by atoms with Crippen molar-refractivity contribution >= 4 is 23.0 Å². The smallest absolute Gasteiger partial charge is 0.224 e. The first-order valence-electron chi connectivity index (χ1n) is 9.81. The molecule has 1 N–H and O–H groups in total. The summed E-state index contributed by atoms with van der Waals surface area (Å²) in [4.78, 5) is 16.8. The van der Waals surface area contributed by atoms with Gasteiger partial charge in [-0.3, -0.25) is 4.79 Å². The van der Waals surface area contributed by atoms with E-state index in [1.165, 1.54) is 12.1 Å². The van der Waals surface area contributed by atoms with Crippen LogP contribution in [-0.4, -0.2) is 32.1 Å². The highest BCUT2D eigenvalue weighted by Crippen LogP contribution is 2.28. The van der Waals surface area contributed by atoms with Gasteiger partial charge in [0.15, 0.2) is 0 Å². The third-order valence-corrected chi connectivity index (χ3v) is 5.00. The largest absolute Gasteiger partial charge is 0.368 e. The van der Waals surface area contributed by atoms with Crippen LogP contribution in [0.2, 0.25) is 0 Å². The molecule has 1 amide bonds. The van der Waals surface area contributed by atoms with Gasteiger partial charge in [-0.2, -0.15) is 0 Å². The van der Waals surface area contributed by atoms with Crippen molar-refractivity contribution in [1.82, 2.24) is 0 Å². The summed E-state index contributed by atoms with van der Waals surface area (Å²) in [5.41, 5.74) is 3.00. The zero-order chi connectivity index (χ0) is 19.1. The lowest BCUT2D eigenvalue weighted by Gasteiger charge is -2.38. The van der Waals surface area contributed by atoms with E-state index >= 15 is 0 Å². The fourth-order valence-electron chi connectivity index (χ4n) is 3.46. The summed E-state index contributed by atoms with van der Waals surface area (Å²) in [5, 5.41) is 3.08. The molecule has 0 aliphatic carbocycles. The molecule has 0 spiro atoms. The van der Waals surface area contributed by atoms with Crippen molar-refractivity contribution in [2.24, 2.45) is 0 Å². The molecule has 0 bridgehead atoms. The predicted octanol–water partition coefficient (Wildman–Crippen LogP) is 4.67. The maximum atomic E-state index is 13.1. The molecular weight excluding hydrogens is 341 g/mol. The second kappa shape index (κ2) is 9.40. The normalized spacial score (nSPS) is 14.3. The average molecular weight is 369 g/mol. The van der Waals surface area contributed by atoms with Crippen molar-refractivity contribution in [3.8, 4) is 0 Å². The van der Waals surface area contributed by atoms with E-state index in [1.807, 2.05) is 30.3 Å². The van der Waals surface area contributed by atoms with Gasteiger partial charge in [-0.25, -0.2) is 4.39 Å². The van der Waals surface area contributed by atoms with E-state index in [0.717, 1.165) is 62.5 Å². The minimum absolute atomic E-state index is 0.0841. The van der Waals surface area contributed by atoms with Crippen LogP contribution in [-0.2, 0) is 4.79 Å². The summed E-state index contributed by atoms with van der Waals surface area (Å²) in [5.74, 6) is -0.123. The van der Waals surface area contributed by atoms with Crippen LogP contribution in [0, 0.1) is 5.82 Å². The summed E-state index contributed by atoms with van der Waals surface area (Å²) in [6.45, 7) is 5.59. The van der Waals surface area contributed by atoms with Crippen LogP contribution >= 0.6 is 0 Å². The fourth-order valence-corrected chi connectivity index (χ4v) is 3.46. The molecular formula is C22H28FN3O. The highest BCUT2D eigenvalue weighted by Gasteiger charge is 2.20. The number of hydrogen-bond donors (Lipinski definition) is 1. The van der Waals surface area contributed by atoms with E-state index in [9.17, 15) is 9.18 Å². The van der Waals surface area contributed by atoms with Gasteiger partial charge in [0.1, 0.15) is 5.82 Å². The summed E-state index contributed by atoms with van der Waals surface area (Å²) in [6, 6.07) is 14.7. The number of carbonyl (C=O) groups is 1. The SMILES string of the molecule is CCCCCC(=O)Nc1ccccc1N1CCN(c2ccc(F)cc2)CC1. The molecule has 3 rings (SSSR count). The number of unbranched alkanes of at least 4 members (excludes halogenated alkanes) is 2. The van der Waals surface area contributed by atoms with Crippen molar-refractivity contribution in [2.45, 2.75) is 32.6 Å². The van der Waals surface area contributed by atoms with Crippen molar-refractivity contribution in [2.75, 3.05) is 41.3 Å². The number of piperazine rings is 1. The molecule has 27 heavy (non-hydrogen) atoms. The Labute approximate surface area is 161 Å². The summed E-state index contributed by atoms with van der Waals surface area (Å²) in [6.07, 6.45) is 3.70. The highest BCUT2D eigenvalue weighted by atomic mass is 19.1. The third kappa shape index (κ3) is 5.22. The van der Waals surface area contributed by atoms with Crippen LogP contribution in [0.5, 0.6) is 0 Å². The number of nitrogens with zero attached hydrogens (tertiary/aromatic N) is 2. The number of halogens is 1. The van der Waals surface area contributed by atoms with Gasteiger partial charge in [-0.05, 0) is 42.8 Å². The van der Waals surface area contributed by atoms with E-state index in [1.54, 1.807) is 0 Å². The fraction of sp³-hybridized carbons (Fsp3) is 0.409. The molecule has 2 aromatic rings. The van der Waals surface area contributed by atoms with Gasteiger partial charge in [0.2, 0.25) is 5.91 Å². The molecule has 1 saturated heterocycles. The Kier molecular flexibility index (Phi) is 6.69. The summed E-state index contributed by atoms with van der Waals surface area (Å²) < 4.78 is 13.1. The lowest BCUT2D eigenvalue weighted by atomic mass is 10.1. The number of carbonyl (C=O) groups excluding carboxylic acids is 1. The van der Waals surface area contributed by atoms with Crippen LogP contribution in [0.15, 0.2) is 48.5 Å². The molecule has 1 fully saturated rings. The van der Waals surface area contributed by atoms with E-state index < -0.39 is 0 Å². The Bertz CT molecular complexity index is 739. The second-order valence-electron chi connectivity index (χ2n) is 6.97. The lowest BCUT2D eigenvalue weighted by molar-refractivity contribution is -0.116. The molecule has 0 radical (unpaired) electrons. The van der Waals surface area contributed by atoms with Gasteiger partial charge in [0.05, 0.1) is 11.4 Å². The Balaban J connectivity index is 1.61.